The van der Waals surface area contributed by atoms with Gasteiger partial charge in [0.25, 0.3) is 0 Å². The van der Waals surface area contributed by atoms with Gasteiger partial charge in [0.15, 0.2) is 0 Å². The number of carboxylic acid groups (broad SMARTS) is 1. The van der Waals surface area contributed by atoms with Crippen molar-refractivity contribution >= 4 is 5.97 Å². The smallest absolute Gasteiger partial charge is 0.313 e. The Morgan fingerprint density at radius 3 is 2.43 bits per heavy atom. The molecule has 0 spiro atoms. The van der Waals surface area contributed by atoms with Crippen LogP contribution in [0.4, 0.5) is 0 Å². The number of benzene rings is 1. The Balaban J connectivity index is 2.87. The number of phenolic OH excluding ortho intramolecular Hbond substituents is 1. The average molecular weight is 196 g/mol. The van der Waals surface area contributed by atoms with Crippen molar-refractivity contribution in [1.82, 2.24) is 0 Å². The zero-order valence-corrected chi connectivity index (χ0v) is 7.80. The van der Waals surface area contributed by atoms with Crippen molar-refractivity contribution in [2.45, 2.75) is 5.92 Å². The van der Waals surface area contributed by atoms with E-state index in [1.165, 1.54) is 19.2 Å². The Labute approximate surface area is 81.8 Å². The van der Waals surface area contributed by atoms with Gasteiger partial charge in [-0.25, -0.2) is 0 Å². The molecule has 0 saturated carbocycles. The van der Waals surface area contributed by atoms with Crippen molar-refractivity contribution in [3.63, 3.8) is 0 Å². The molecule has 0 bridgehead atoms. The van der Waals surface area contributed by atoms with Crippen LogP contribution in [-0.2, 0) is 9.53 Å². The molecule has 0 fully saturated rings. The summed E-state index contributed by atoms with van der Waals surface area (Å²) in [6, 6.07) is 6.07. The Kier molecular flexibility index (Phi) is 3.48. The maximum atomic E-state index is 10.8. The van der Waals surface area contributed by atoms with Gasteiger partial charge in [0, 0.05) is 7.11 Å². The summed E-state index contributed by atoms with van der Waals surface area (Å²) in [6.45, 7) is 0.125. The van der Waals surface area contributed by atoms with Gasteiger partial charge in [0.2, 0.25) is 0 Å². The first kappa shape index (κ1) is 10.5. The van der Waals surface area contributed by atoms with Crippen molar-refractivity contribution in [2.75, 3.05) is 13.7 Å². The van der Waals surface area contributed by atoms with Crippen molar-refractivity contribution in [1.29, 1.82) is 0 Å². The minimum atomic E-state index is -0.933. The minimum absolute atomic E-state index is 0.121. The summed E-state index contributed by atoms with van der Waals surface area (Å²) in [6.07, 6.45) is 0. The molecule has 4 nitrogen and oxygen atoms in total. The number of hydrogen-bond donors (Lipinski definition) is 2. The monoisotopic (exact) mass is 196 g/mol. The molecule has 2 N–H and O–H groups in total. The fourth-order valence-electron chi connectivity index (χ4n) is 1.18. The number of ether oxygens (including phenoxy) is 1. The molecule has 1 atom stereocenters. The third kappa shape index (κ3) is 2.47. The van der Waals surface area contributed by atoms with Gasteiger partial charge in [0.1, 0.15) is 11.7 Å². The van der Waals surface area contributed by atoms with E-state index in [0.717, 1.165) is 0 Å². The van der Waals surface area contributed by atoms with E-state index < -0.39 is 11.9 Å². The maximum Gasteiger partial charge on any atom is 0.313 e. The fraction of sp³-hybridized carbons (Fsp3) is 0.300. The van der Waals surface area contributed by atoms with E-state index in [2.05, 4.69) is 0 Å². The summed E-state index contributed by atoms with van der Waals surface area (Å²) in [5, 5.41) is 17.9. The van der Waals surface area contributed by atoms with E-state index in [0.29, 0.717) is 5.56 Å². The second kappa shape index (κ2) is 4.62. The largest absolute Gasteiger partial charge is 0.508 e. The molecule has 4 heteroatoms. The van der Waals surface area contributed by atoms with E-state index in [9.17, 15) is 4.79 Å². The lowest BCUT2D eigenvalue weighted by Gasteiger charge is -2.11. The van der Waals surface area contributed by atoms with E-state index in [1.807, 2.05) is 0 Å². The molecule has 14 heavy (non-hydrogen) atoms. The van der Waals surface area contributed by atoms with Gasteiger partial charge >= 0.3 is 5.97 Å². The van der Waals surface area contributed by atoms with Crippen LogP contribution in [0.15, 0.2) is 24.3 Å². The first-order valence-electron chi connectivity index (χ1n) is 4.16. The molecule has 0 aliphatic heterocycles. The standard InChI is InChI=1S/C10H12O4/c1-14-6-9(10(12)13)7-2-4-8(11)5-3-7/h2-5,9,11H,6H2,1H3,(H,12,13). The van der Waals surface area contributed by atoms with Crippen LogP contribution in [0.3, 0.4) is 0 Å². The number of rotatable bonds is 4. The first-order chi connectivity index (χ1) is 6.65. The number of carboxylic acids is 1. The summed E-state index contributed by atoms with van der Waals surface area (Å²) >= 11 is 0. The predicted molar refractivity (Wildman–Crippen MR) is 50.4 cm³/mol. The molecular weight excluding hydrogens is 184 g/mol. The molecule has 0 amide bonds. The van der Waals surface area contributed by atoms with Crippen LogP contribution in [0.1, 0.15) is 11.5 Å². The third-order valence-electron chi connectivity index (χ3n) is 1.93. The molecule has 0 aliphatic carbocycles. The number of carbonyl (C=O) groups is 1. The number of methoxy groups -OCH3 is 1. The molecule has 1 aromatic rings. The highest BCUT2D eigenvalue weighted by Gasteiger charge is 2.19. The highest BCUT2D eigenvalue weighted by Crippen LogP contribution is 2.19. The maximum absolute atomic E-state index is 10.8. The molecule has 0 heterocycles. The molecule has 76 valence electrons. The molecule has 1 unspecified atom stereocenters. The highest BCUT2D eigenvalue weighted by atomic mass is 16.5. The van der Waals surface area contributed by atoms with Gasteiger partial charge in [-0.15, -0.1) is 0 Å². The van der Waals surface area contributed by atoms with Crippen LogP contribution < -0.4 is 0 Å². The summed E-state index contributed by atoms with van der Waals surface area (Å²) < 4.78 is 4.81. The third-order valence-corrected chi connectivity index (χ3v) is 1.93. The first-order valence-corrected chi connectivity index (χ1v) is 4.16. The van der Waals surface area contributed by atoms with Crippen LogP contribution in [-0.4, -0.2) is 29.9 Å². The molecule has 0 saturated heterocycles. The minimum Gasteiger partial charge on any atom is -0.508 e. The van der Waals surface area contributed by atoms with Gasteiger partial charge in [-0.1, -0.05) is 12.1 Å². The van der Waals surface area contributed by atoms with Crippen molar-refractivity contribution in [2.24, 2.45) is 0 Å². The normalized spacial score (nSPS) is 12.4. The van der Waals surface area contributed by atoms with Gasteiger partial charge in [-0.3, -0.25) is 4.79 Å². The van der Waals surface area contributed by atoms with E-state index in [4.69, 9.17) is 14.9 Å². The zero-order chi connectivity index (χ0) is 10.6. The summed E-state index contributed by atoms with van der Waals surface area (Å²) in [4.78, 5) is 10.8. The number of aromatic hydroxyl groups is 1. The average Bonchev–Trinajstić information content (AvgIpc) is 2.15. The molecular formula is C10H12O4. The molecule has 0 aliphatic rings. The van der Waals surface area contributed by atoms with Crippen LogP contribution in [0, 0.1) is 0 Å². The summed E-state index contributed by atoms with van der Waals surface area (Å²) in [5.74, 6) is -1.49. The predicted octanol–water partition coefficient (Wildman–Crippen LogP) is 1.21. The summed E-state index contributed by atoms with van der Waals surface area (Å²) in [7, 11) is 1.45. The topological polar surface area (TPSA) is 66.8 Å². The number of phenols is 1. The van der Waals surface area contributed by atoms with Gasteiger partial charge < -0.3 is 14.9 Å². The van der Waals surface area contributed by atoms with Gasteiger partial charge in [-0.05, 0) is 17.7 Å². The van der Waals surface area contributed by atoms with E-state index >= 15 is 0 Å². The number of aliphatic carboxylic acids is 1. The molecule has 1 rings (SSSR count). The summed E-state index contributed by atoms with van der Waals surface area (Å²) in [5.41, 5.74) is 0.622. The molecule has 0 aromatic heterocycles. The lowest BCUT2D eigenvalue weighted by molar-refractivity contribution is -0.140. The Bertz CT molecular complexity index is 304. The second-order valence-electron chi connectivity index (χ2n) is 2.94. The quantitative estimate of drug-likeness (QED) is 0.759. The van der Waals surface area contributed by atoms with Crippen molar-refractivity contribution in [3.05, 3.63) is 29.8 Å². The van der Waals surface area contributed by atoms with Crippen LogP contribution in [0.5, 0.6) is 5.75 Å². The van der Waals surface area contributed by atoms with E-state index in [1.54, 1.807) is 12.1 Å². The molecule has 1 aromatic carbocycles. The van der Waals surface area contributed by atoms with Crippen LogP contribution in [0.25, 0.3) is 0 Å². The SMILES string of the molecule is COCC(C(=O)O)c1ccc(O)cc1. The lowest BCUT2D eigenvalue weighted by Crippen LogP contribution is -2.16. The highest BCUT2D eigenvalue weighted by molar-refractivity contribution is 5.76. The van der Waals surface area contributed by atoms with Crippen molar-refractivity contribution in [3.8, 4) is 5.75 Å². The fourth-order valence-corrected chi connectivity index (χ4v) is 1.18. The van der Waals surface area contributed by atoms with Gasteiger partial charge in [-0.2, -0.15) is 0 Å². The Morgan fingerprint density at radius 2 is 2.00 bits per heavy atom. The van der Waals surface area contributed by atoms with Crippen LogP contribution in [0.2, 0.25) is 0 Å². The second-order valence-corrected chi connectivity index (χ2v) is 2.94. The Morgan fingerprint density at radius 1 is 1.43 bits per heavy atom. The molecule has 0 radical (unpaired) electrons. The Hall–Kier alpha value is -1.55. The van der Waals surface area contributed by atoms with Gasteiger partial charge in [0.05, 0.1) is 6.61 Å². The number of hydrogen-bond acceptors (Lipinski definition) is 3. The zero-order valence-electron chi connectivity index (χ0n) is 7.80. The lowest BCUT2D eigenvalue weighted by atomic mass is 10.0. The van der Waals surface area contributed by atoms with Crippen molar-refractivity contribution < 1.29 is 19.7 Å². The van der Waals surface area contributed by atoms with E-state index in [-0.39, 0.29) is 12.4 Å². The van der Waals surface area contributed by atoms with Crippen LogP contribution >= 0.6 is 0 Å².